The predicted molar refractivity (Wildman–Crippen MR) is 108 cm³/mol. The van der Waals surface area contributed by atoms with Crippen molar-refractivity contribution < 1.29 is 4.74 Å². The van der Waals surface area contributed by atoms with E-state index >= 15 is 0 Å². The number of hydrogen-bond acceptors (Lipinski definition) is 3. The van der Waals surface area contributed by atoms with Gasteiger partial charge in [-0.1, -0.05) is 24.3 Å². The van der Waals surface area contributed by atoms with Gasteiger partial charge in [-0.2, -0.15) is 0 Å². The molecule has 0 aliphatic carbocycles. The van der Waals surface area contributed by atoms with Crippen molar-refractivity contribution in [1.29, 1.82) is 0 Å². The number of nitrogens with zero attached hydrogens (tertiary/aromatic N) is 3. The maximum absolute atomic E-state index is 5.45. The van der Waals surface area contributed by atoms with Gasteiger partial charge < -0.3 is 4.74 Å². The molecule has 27 heavy (non-hydrogen) atoms. The Morgan fingerprint density at radius 3 is 2.41 bits per heavy atom. The van der Waals surface area contributed by atoms with Crippen molar-refractivity contribution in [2.75, 3.05) is 7.11 Å². The van der Waals surface area contributed by atoms with Gasteiger partial charge in [-0.25, -0.2) is 4.98 Å². The average Bonchev–Trinajstić information content (AvgIpc) is 3.08. The number of rotatable bonds is 3. The Labute approximate surface area is 156 Å². The van der Waals surface area contributed by atoms with E-state index in [1.165, 1.54) is 10.8 Å². The number of aromatic nitrogens is 3. The second kappa shape index (κ2) is 6.25. The summed E-state index contributed by atoms with van der Waals surface area (Å²) >= 11 is 0. The van der Waals surface area contributed by atoms with Crippen LogP contribution in [0.4, 0.5) is 0 Å². The van der Waals surface area contributed by atoms with Crippen LogP contribution in [0.3, 0.4) is 0 Å². The van der Waals surface area contributed by atoms with Crippen molar-refractivity contribution >= 4 is 21.8 Å². The zero-order chi connectivity index (χ0) is 18.2. The molecule has 3 aromatic heterocycles. The molecule has 0 radical (unpaired) electrons. The number of benzene rings is 2. The number of ether oxygens (including phenoxy) is 1. The highest BCUT2D eigenvalue weighted by Crippen LogP contribution is 2.33. The molecule has 0 aliphatic heterocycles. The first-order chi connectivity index (χ1) is 13.3. The lowest BCUT2D eigenvalue weighted by Gasteiger charge is -2.08. The molecule has 2 aromatic carbocycles. The van der Waals surface area contributed by atoms with Gasteiger partial charge in [0, 0.05) is 46.6 Å². The van der Waals surface area contributed by atoms with Crippen molar-refractivity contribution in [2.45, 2.75) is 0 Å². The molecule has 0 unspecified atom stereocenters. The van der Waals surface area contributed by atoms with E-state index in [0.29, 0.717) is 0 Å². The minimum atomic E-state index is 0.832. The highest BCUT2D eigenvalue weighted by Gasteiger charge is 2.13. The van der Waals surface area contributed by atoms with Gasteiger partial charge in [0.15, 0.2) is 0 Å². The fourth-order valence-corrected chi connectivity index (χ4v) is 3.55. The second-order valence-electron chi connectivity index (χ2n) is 6.38. The maximum Gasteiger partial charge on any atom is 0.137 e. The van der Waals surface area contributed by atoms with Gasteiger partial charge in [0.2, 0.25) is 0 Å². The van der Waals surface area contributed by atoms with Gasteiger partial charge >= 0.3 is 0 Å². The lowest BCUT2D eigenvalue weighted by atomic mass is 10.1. The Morgan fingerprint density at radius 1 is 0.778 bits per heavy atom. The zero-order valence-corrected chi connectivity index (χ0v) is 14.8. The Morgan fingerprint density at radius 2 is 1.63 bits per heavy atom. The van der Waals surface area contributed by atoms with Crippen LogP contribution in [0.2, 0.25) is 0 Å². The van der Waals surface area contributed by atoms with E-state index in [1.807, 2.05) is 36.7 Å². The van der Waals surface area contributed by atoms with E-state index in [4.69, 9.17) is 9.72 Å². The van der Waals surface area contributed by atoms with E-state index in [0.717, 1.165) is 33.7 Å². The molecule has 0 atom stereocenters. The summed E-state index contributed by atoms with van der Waals surface area (Å²) in [7, 11) is 1.69. The van der Waals surface area contributed by atoms with Crippen LogP contribution >= 0.6 is 0 Å². The average molecular weight is 351 g/mol. The van der Waals surface area contributed by atoms with Crippen LogP contribution in [0.5, 0.6) is 5.75 Å². The predicted octanol–water partition coefficient (Wildman–Crippen LogP) is 5.25. The molecule has 0 bridgehead atoms. The molecule has 0 saturated heterocycles. The van der Waals surface area contributed by atoms with Gasteiger partial charge in [-0.15, -0.1) is 0 Å². The number of methoxy groups -OCH3 is 1. The Hall–Kier alpha value is -3.66. The van der Waals surface area contributed by atoms with Gasteiger partial charge in [0.05, 0.1) is 18.1 Å². The van der Waals surface area contributed by atoms with Crippen LogP contribution in [0, 0.1) is 0 Å². The summed E-state index contributed by atoms with van der Waals surface area (Å²) in [6.45, 7) is 0. The van der Waals surface area contributed by atoms with E-state index in [2.05, 4.69) is 52.0 Å². The summed E-state index contributed by atoms with van der Waals surface area (Å²) in [5, 5.41) is 2.39. The molecular formula is C23H17N3O. The third-order valence-corrected chi connectivity index (χ3v) is 4.85. The van der Waals surface area contributed by atoms with Gasteiger partial charge in [0.1, 0.15) is 11.6 Å². The van der Waals surface area contributed by atoms with E-state index in [1.54, 1.807) is 13.3 Å². The van der Waals surface area contributed by atoms with Crippen LogP contribution in [-0.4, -0.2) is 21.6 Å². The lowest BCUT2D eigenvalue weighted by molar-refractivity contribution is 0.415. The fraction of sp³-hybridized carbons (Fsp3) is 0.0435. The quantitative estimate of drug-likeness (QED) is 0.446. The van der Waals surface area contributed by atoms with Crippen molar-refractivity contribution in [3.63, 3.8) is 0 Å². The minimum Gasteiger partial charge on any atom is -0.497 e. The van der Waals surface area contributed by atoms with Gasteiger partial charge in [-0.05, 0) is 36.4 Å². The smallest absolute Gasteiger partial charge is 0.137 e. The van der Waals surface area contributed by atoms with Crippen molar-refractivity contribution in [3.8, 4) is 22.7 Å². The fourth-order valence-electron chi connectivity index (χ4n) is 3.55. The van der Waals surface area contributed by atoms with Crippen LogP contribution in [-0.2, 0) is 0 Å². The highest BCUT2D eigenvalue weighted by molar-refractivity contribution is 6.09. The van der Waals surface area contributed by atoms with E-state index in [9.17, 15) is 0 Å². The molecule has 5 aromatic rings. The number of hydrogen-bond donors (Lipinski definition) is 0. The third-order valence-electron chi connectivity index (χ3n) is 4.85. The first kappa shape index (κ1) is 15.6. The molecule has 0 fully saturated rings. The minimum absolute atomic E-state index is 0.832. The van der Waals surface area contributed by atoms with Crippen molar-refractivity contribution in [2.24, 2.45) is 0 Å². The Balaban J connectivity index is 1.73. The van der Waals surface area contributed by atoms with E-state index < -0.39 is 0 Å². The molecule has 4 nitrogen and oxygen atoms in total. The summed E-state index contributed by atoms with van der Waals surface area (Å²) in [4.78, 5) is 8.94. The number of fused-ring (bicyclic) bond motifs is 3. The summed E-state index contributed by atoms with van der Waals surface area (Å²) in [6, 6.07) is 22.7. The summed E-state index contributed by atoms with van der Waals surface area (Å²) < 4.78 is 7.63. The Bertz CT molecular complexity index is 1240. The van der Waals surface area contributed by atoms with E-state index in [-0.39, 0.29) is 0 Å². The topological polar surface area (TPSA) is 39.9 Å². The first-order valence-electron chi connectivity index (χ1n) is 8.79. The van der Waals surface area contributed by atoms with Crippen molar-refractivity contribution in [3.05, 3.63) is 85.3 Å². The van der Waals surface area contributed by atoms with Crippen LogP contribution in [0.1, 0.15) is 0 Å². The second-order valence-corrected chi connectivity index (χ2v) is 6.38. The monoisotopic (exact) mass is 351 g/mol. The SMILES string of the molecule is COc1ccc2c3ccccc3n(-c3ccc(-c4cccnc4)cn3)c2c1. The molecule has 130 valence electrons. The zero-order valence-electron chi connectivity index (χ0n) is 14.8. The normalized spacial score (nSPS) is 11.1. The molecule has 0 amide bonds. The highest BCUT2D eigenvalue weighted by atomic mass is 16.5. The molecular weight excluding hydrogens is 334 g/mol. The van der Waals surface area contributed by atoms with Gasteiger partial charge in [0.25, 0.3) is 0 Å². The number of para-hydroxylation sites is 1. The maximum atomic E-state index is 5.45. The summed E-state index contributed by atoms with van der Waals surface area (Å²) in [6.07, 6.45) is 5.52. The standard InChI is InChI=1S/C23H17N3O/c1-27-18-9-10-20-19-6-2-3-7-21(19)26(22(20)13-18)23-11-8-17(15-25-23)16-5-4-12-24-14-16/h2-15H,1H3. The van der Waals surface area contributed by atoms with Crippen LogP contribution < -0.4 is 4.74 Å². The molecule has 0 N–H and O–H groups in total. The Kier molecular flexibility index (Phi) is 3.61. The molecule has 0 spiro atoms. The molecule has 3 heterocycles. The third kappa shape index (κ3) is 2.54. The first-order valence-corrected chi connectivity index (χ1v) is 8.79. The lowest BCUT2D eigenvalue weighted by Crippen LogP contribution is -1.97. The van der Waals surface area contributed by atoms with Crippen LogP contribution in [0.15, 0.2) is 85.3 Å². The van der Waals surface area contributed by atoms with Gasteiger partial charge in [-0.3, -0.25) is 9.55 Å². The van der Waals surface area contributed by atoms with Crippen molar-refractivity contribution in [1.82, 2.24) is 14.5 Å². The molecule has 5 rings (SSSR count). The largest absolute Gasteiger partial charge is 0.497 e. The number of pyridine rings is 2. The summed E-state index contributed by atoms with van der Waals surface area (Å²) in [5.41, 5.74) is 4.31. The molecule has 4 heteroatoms. The molecule has 0 saturated carbocycles. The van der Waals surface area contributed by atoms with Crippen LogP contribution in [0.25, 0.3) is 38.8 Å². The molecule has 0 aliphatic rings. The summed E-state index contributed by atoms with van der Waals surface area (Å²) in [5.74, 6) is 1.71.